The van der Waals surface area contributed by atoms with Gasteiger partial charge in [-0.2, -0.15) is 0 Å². The Balaban J connectivity index is -0.000000713. The maximum Gasteiger partial charge on any atom is 1.00 e. The predicted molar refractivity (Wildman–Crippen MR) is 318 cm³/mol. The predicted octanol–water partition coefficient (Wildman–Crippen LogP) is -32.0. The van der Waals surface area contributed by atoms with Crippen molar-refractivity contribution >= 4 is 93.9 Å². The first-order valence-corrected chi connectivity index (χ1v) is 47.8. The minimum atomic E-state index is -5.53. The third kappa shape index (κ3) is 48.2. The summed E-state index contributed by atoms with van der Waals surface area (Å²) in [5.41, 5.74) is 20.6. The molecule has 116 heavy (non-hydrogen) atoms. The average Bonchev–Trinajstić information content (AvgIpc) is 0.787. The van der Waals surface area contributed by atoms with E-state index in [-0.39, 0.29) is 170 Å². The second kappa shape index (κ2) is 54.0. The van der Waals surface area contributed by atoms with Crippen molar-refractivity contribution in [1.82, 2.24) is 0 Å². The van der Waals surface area contributed by atoms with Crippen molar-refractivity contribution in [3.63, 3.8) is 0 Å². The van der Waals surface area contributed by atoms with E-state index in [0.717, 1.165) is 0 Å². The molecule has 4 fully saturated rings. The van der Waals surface area contributed by atoms with Crippen molar-refractivity contribution in [3.05, 3.63) is 0 Å². The van der Waals surface area contributed by atoms with E-state index in [1.165, 1.54) is 0 Å². The fourth-order valence-corrected chi connectivity index (χ4v) is 17.3. The average molecular weight is 1990 g/mol. The van der Waals surface area contributed by atoms with Crippen LogP contribution in [0.2, 0.25) is 0 Å². The standard InChI is InChI=1S/4C9H19NO15P3.4Na/c4*10-2-1-3-22-28(20,21)25-7-4(11)5(12)8(23-26(14,15)16)9(6(7)13)24-27(17,18)19;;;;/h4*4-9H,1-3,10H2,(H,20,21)(H2,14,15,16)(H2,17,18,19);;;;/q4*-3;4*+1/t4*4-,5-,6-,7-,8+,9+;;;;/m1111..../s1. The molecule has 4 rings (SSSR count). The summed E-state index contributed by atoms with van der Waals surface area (Å²) in [6, 6.07) is 0. The quantitative estimate of drug-likeness (QED) is 0.0154. The second-order valence-corrected chi connectivity index (χ2v) is 37.3. The normalized spacial score (nSPS) is 33.0. The first-order chi connectivity index (χ1) is 50.3. The van der Waals surface area contributed by atoms with Crippen molar-refractivity contribution in [1.29, 1.82) is 0 Å². The number of rotatable bonds is 40. The van der Waals surface area contributed by atoms with Gasteiger partial charge in [-0.15, -0.1) is 48.8 Å². The van der Waals surface area contributed by atoms with E-state index in [4.69, 9.17) is 101 Å². The van der Waals surface area contributed by atoms with E-state index in [9.17, 15) is 136 Å². The molecule has 4 saturated carbocycles. The van der Waals surface area contributed by atoms with Gasteiger partial charge in [0.1, 0.15) is 0 Å². The van der Waals surface area contributed by atoms with Crippen molar-refractivity contribution in [2.75, 3.05) is 52.6 Å². The molecule has 4 aliphatic rings. The Kier molecular flexibility index (Phi) is 59.1. The molecule has 28 atom stereocenters. The molecule has 0 heterocycles. The van der Waals surface area contributed by atoms with Crippen LogP contribution in [-0.4, -0.2) is 297 Å². The molecular formula is C36H76N4Na4O60P12-8. The minimum Gasteiger partial charge on any atom is -0.851 e. The zero-order valence-electron chi connectivity index (χ0n) is 59.3. The minimum absolute atomic E-state index is 0. The van der Waals surface area contributed by atoms with Gasteiger partial charge in [-0.05, 0) is 51.9 Å². The molecule has 0 radical (unpaired) electrons. The molecule has 0 spiro atoms. The van der Waals surface area contributed by atoms with Crippen LogP contribution in [0.3, 0.4) is 0 Å². The van der Waals surface area contributed by atoms with Crippen LogP contribution in [0.5, 0.6) is 0 Å². The van der Waals surface area contributed by atoms with Crippen molar-refractivity contribution < 1.29 is 405 Å². The SMILES string of the molecule is NCCCOP(=O)(O)O[C@@H]1[C@H]([O-])[C@@H]([O-])[C@H](OP(=O)(O)O)[C@@H](OP(=O)(O)O)[C@@H]1[O-].NCCCOP(=O)(O)O[C@@H]1[C@H]([O-])[C@@H]([O-])[C@H](OP(=O)(O)O)[C@@H](OP(=O)(O)O)[C@@H]1[O-].NCCCOP(=O)(O)O[C@@H]1[C@H]([O-])[C@@H]([O-])[C@H](OP(=O)(O)O)[C@@H](OP(=O)(O)O)[C@@H]1[O-].NCCCOP(=O)(O)O[C@@H]1[C@H]([O-])[C@@H]([O-])[C@H](OP(=O)(O)O)[C@@H](OP(=O)(O)O)[C@@H]1[O-].[Na+].[Na+].[Na+].[Na+]. The Morgan fingerprint density at radius 3 is 0.397 bits per heavy atom. The third-order valence-electron chi connectivity index (χ3n) is 13.3. The van der Waals surface area contributed by atoms with Crippen LogP contribution in [0.15, 0.2) is 0 Å². The Labute approximate surface area is 739 Å². The van der Waals surface area contributed by atoms with Crippen LogP contribution in [0.25, 0.3) is 0 Å². The molecule has 0 saturated heterocycles. The molecule has 0 amide bonds. The zero-order valence-corrected chi connectivity index (χ0v) is 78.0. The molecule has 4 aliphatic carbocycles. The van der Waals surface area contributed by atoms with E-state index in [1.807, 2.05) is 0 Å². The van der Waals surface area contributed by atoms with E-state index >= 15 is 0 Å². The Bertz CT molecular complexity index is 3060. The molecule has 0 aliphatic heterocycles. The third-order valence-corrected chi connectivity index (χ3v) is 21.5. The summed E-state index contributed by atoms with van der Waals surface area (Å²) < 4.78 is 203. The van der Waals surface area contributed by atoms with Crippen molar-refractivity contribution in [3.8, 4) is 0 Å². The number of hydrogen-bond donors (Lipinski definition) is 24. The summed E-state index contributed by atoms with van der Waals surface area (Å²) in [4.78, 5) is 179. The van der Waals surface area contributed by atoms with Gasteiger partial charge >= 0.3 is 212 Å². The van der Waals surface area contributed by atoms with E-state index in [0.29, 0.717) is 0 Å². The van der Waals surface area contributed by atoms with Gasteiger partial charge in [0.15, 0.2) is 0 Å². The molecule has 0 bridgehead atoms. The van der Waals surface area contributed by atoms with Crippen LogP contribution < -0.4 is 202 Å². The Morgan fingerprint density at radius 2 is 0.293 bits per heavy atom. The monoisotopic (exact) mass is 1990 g/mol. The fourth-order valence-electron chi connectivity index (χ4n) is 8.98. The molecule has 0 aromatic heterocycles. The van der Waals surface area contributed by atoms with Gasteiger partial charge in [0, 0.05) is 24.4 Å². The number of nitrogens with two attached hydrogens (primary N) is 4. The zero-order chi connectivity index (χ0) is 87.7. The van der Waals surface area contributed by atoms with Crippen LogP contribution in [0.1, 0.15) is 25.7 Å². The van der Waals surface area contributed by atoms with Crippen molar-refractivity contribution in [2.45, 2.75) is 172 Å². The molecule has 80 heteroatoms. The second-order valence-electron chi connectivity index (χ2n) is 22.1. The van der Waals surface area contributed by atoms with Crippen LogP contribution in [-0.2, 0) is 127 Å². The van der Waals surface area contributed by atoms with E-state index < -0.39 is 267 Å². The van der Waals surface area contributed by atoms with Gasteiger partial charge < -0.3 is 182 Å². The summed E-state index contributed by atoms with van der Waals surface area (Å²) in [7, 11) is -64.4. The molecule has 0 aromatic rings. The van der Waals surface area contributed by atoms with Crippen molar-refractivity contribution in [2.24, 2.45) is 22.9 Å². The van der Waals surface area contributed by atoms with Crippen LogP contribution >= 0.6 is 93.9 Å². The van der Waals surface area contributed by atoms with Crippen LogP contribution in [0, 0.1) is 0 Å². The molecule has 64 nitrogen and oxygen atoms in total. The first kappa shape index (κ1) is 127. The molecular weight excluding hydrogens is 1910 g/mol. The van der Waals surface area contributed by atoms with Crippen LogP contribution in [0.4, 0.5) is 0 Å². The van der Waals surface area contributed by atoms with Gasteiger partial charge in [0.05, 0.1) is 75.3 Å². The topological polar surface area (TPSA) is 1140 Å². The molecule has 28 N–H and O–H groups in total. The smallest absolute Gasteiger partial charge is 0.851 e. The molecule has 672 valence electrons. The van der Waals surface area contributed by atoms with Gasteiger partial charge in [-0.25, -0.2) is 54.8 Å². The fraction of sp³-hybridized carbons (Fsp3) is 1.00. The summed E-state index contributed by atoms with van der Waals surface area (Å²) in [6.07, 6.45) is -63.5. The molecule has 0 aromatic carbocycles. The summed E-state index contributed by atoms with van der Waals surface area (Å²) >= 11 is 0. The Hall–Kier alpha value is 4.68. The van der Waals surface area contributed by atoms with E-state index in [1.54, 1.807) is 0 Å². The maximum absolute atomic E-state index is 12.4. The number of phosphoric acid groups is 12. The number of hydrogen-bond acceptors (Lipinski definition) is 44. The van der Waals surface area contributed by atoms with Gasteiger partial charge in [-0.3, -0.25) is 72.4 Å². The van der Waals surface area contributed by atoms with Gasteiger partial charge in [0.2, 0.25) is 0 Å². The molecule has 4 unspecified atom stereocenters. The summed E-state index contributed by atoms with van der Waals surface area (Å²) in [6.45, 7) is -1.46. The number of phosphoric ester groups is 12. The van der Waals surface area contributed by atoms with Gasteiger partial charge in [-0.1, -0.05) is 24.4 Å². The van der Waals surface area contributed by atoms with Gasteiger partial charge in [0.25, 0.3) is 0 Å². The summed E-state index contributed by atoms with van der Waals surface area (Å²) in [5.74, 6) is 0. The Morgan fingerprint density at radius 1 is 0.190 bits per heavy atom. The summed E-state index contributed by atoms with van der Waals surface area (Å²) in [5, 5.41) is 146. The van der Waals surface area contributed by atoms with E-state index in [2.05, 4.69) is 72.4 Å². The largest absolute Gasteiger partial charge is 1.00 e. The maximum atomic E-state index is 12.4. The first-order valence-electron chi connectivity index (χ1n) is 29.6.